The molecule has 0 aliphatic carbocycles. The molecule has 0 unspecified atom stereocenters. The number of hydrogen-bond donors (Lipinski definition) is 1. The Balaban J connectivity index is 1.98. The molecule has 1 aromatic carbocycles. The molecule has 1 aromatic heterocycles. The number of carbonyl (C=O) groups excluding carboxylic acids is 1. The van der Waals surface area contributed by atoms with Gasteiger partial charge >= 0.3 is 6.18 Å². The summed E-state index contributed by atoms with van der Waals surface area (Å²) in [6.07, 6.45) is -1.42. The van der Waals surface area contributed by atoms with Crippen molar-refractivity contribution in [3.63, 3.8) is 0 Å². The minimum atomic E-state index is -4.38. The smallest absolute Gasteiger partial charge is 0.323 e. The molecule has 0 saturated heterocycles. The van der Waals surface area contributed by atoms with Gasteiger partial charge in [0.2, 0.25) is 5.91 Å². The van der Waals surface area contributed by atoms with E-state index in [1.54, 1.807) is 6.08 Å². The number of anilines is 1. The van der Waals surface area contributed by atoms with Gasteiger partial charge in [0.05, 0.1) is 9.35 Å². The average Bonchev–Trinajstić information content (AvgIpc) is 2.82. The van der Waals surface area contributed by atoms with E-state index in [-0.39, 0.29) is 0 Å². The standard InChI is InChI=1S/C14H9BrF3NOS/c15-12-7-5-11(21-12)6-8-13(20)19-10-3-1-9(2-4-10)14(16,17)18/h1-8H,(H,19,20)/b8-6+. The molecule has 21 heavy (non-hydrogen) atoms. The highest BCUT2D eigenvalue weighted by Gasteiger charge is 2.29. The van der Waals surface area contributed by atoms with Crippen LogP contribution in [0.3, 0.4) is 0 Å². The quantitative estimate of drug-likeness (QED) is 0.735. The fourth-order valence-electron chi connectivity index (χ4n) is 1.50. The molecule has 2 nitrogen and oxygen atoms in total. The van der Waals surface area contributed by atoms with Gasteiger partial charge in [-0.3, -0.25) is 4.79 Å². The fraction of sp³-hybridized carbons (Fsp3) is 0.0714. The molecule has 0 bridgehead atoms. The normalized spacial score (nSPS) is 11.8. The van der Waals surface area contributed by atoms with E-state index in [0.717, 1.165) is 20.8 Å². The maximum atomic E-state index is 12.4. The first kappa shape index (κ1) is 15.8. The lowest BCUT2D eigenvalue weighted by Gasteiger charge is -2.07. The highest BCUT2D eigenvalue weighted by molar-refractivity contribution is 9.11. The van der Waals surface area contributed by atoms with Gasteiger partial charge in [-0.1, -0.05) is 0 Å². The van der Waals surface area contributed by atoms with E-state index < -0.39 is 17.6 Å². The molecule has 0 aliphatic heterocycles. The van der Waals surface area contributed by atoms with Gasteiger partial charge in [0.1, 0.15) is 0 Å². The number of nitrogens with one attached hydrogen (secondary N) is 1. The molecular weight excluding hydrogens is 367 g/mol. The molecule has 1 amide bonds. The summed E-state index contributed by atoms with van der Waals surface area (Å²) in [5.74, 6) is -0.403. The van der Waals surface area contributed by atoms with Gasteiger partial charge in [-0.2, -0.15) is 13.2 Å². The van der Waals surface area contributed by atoms with Crippen LogP contribution in [0.15, 0.2) is 46.3 Å². The molecule has 2 aromatic rings. The summed E-state index contributed by atoms with van der Waals surface area (Å²) in [5.41, 5.74) is -0.440. The Morgan fingerprint density at radius 1 is 1.14 bits per heavy atom. The van der Waals surface area contributed by atoms with Crippen molar-refractivity contribution in [3.8, 4) is 0 Å². The zero-order valence-corrected chi connectivity index (χ0v) is 12.8. The van der Waals surface area contributed by atoms with E-state index in [0.29, 0.717) is 5.69 Å². The van der Waals surface area contributed by atoms with Crippen molar-refractivity contribution < 1.29 is 18.0 Å². The molecule has 0 atom stereocenters. The first-order chi connectivity index (χ1) is 9.84. The third kappa shape index (κ3) is 4.71. The predicted octanol–water partition coefficient (Wildman–Crippen LogP) is 5.18. The van der Waals surface area contributed by atoms with Crippen molar-refractivity contribution in [2.45, 2.75) is 6.18 Å². The molecule has 0 fully saturated rings. The van der Waals surface area contributed by atoms with Crippen molar-refractivity contribution in [2.75, 3.05) is 5.32 Å². The number of thiophene rings is 1. The third-order valence-corrected chi connectivity index (χ3v) is 4.06. The predicted molar refractivity (Wildman–Crippen MR) is 81.1 cm³/mol. The van der Waals surface area contributed by atoms with Gasteiger partial charge in [0.25, 0.3) is 0 Å². The molecule has 0 spiro atoms. The Morgan fingerprint density at radius 3 is 2.33 bits per heavy atom. The van der Waals surface area contributed by atoms with Gasteiger partial charge in [-0.15, -0.1) is 11.3 Å². The van der Waals surface area contributed by atoms with Crippen LogP contribution in [-0.4, -0.2) is 5.91 Å². The minimum Gasteiger partial charge on any atom is -0.323 e. The van der Waals surface area contributed by atoms with Gasteiger partial charge in [-0.25, -0.2) is 0 Å². The van der Waals surface area contributed by atoms with Gasteiger partial charge in [0.15, 0.2) is 0 Å². The van der Waals surface area contributed by atoms with Crippen molar-refractivity contribution >= 4 is 44.9 Å². The second kappa shape index (κ2) is 6.44. The Labute approximate surface area is 131 Å². The Kier molecular flexibility index (Phi) is 4.84. The van der Waals surface area contributed by atoms with E-state index in [9.17, 15) is 18.0 Å². The number of amides is 1. The minimum absolute atomic E-state index is 0.310. The summed E-state index contributed by atoms with van der Waals surface area (Å²) in [5, 5.41) is 2.50. The lowest BCUT2D eigenvalue weighted by atomic mass is 10.2. The molecule has 0 radical (unpaired) electrons. The summed E-state index contributed by atoms with van der Waals surface area (Å²) in [7, 11) is 0. The average molecular weight is 376 g/mol. The fourth-order valence-corrected chi connectivity index (χ4v) is 2.83. The third-order valence-electron chi connectivity index (χ3n) is 2.47. The topological polar surface area (TPSA) is 29.1 Å². The van der Waals surface area contributed by atoms with Crippen LogP contribution < -0.4 is 5.32 Å². The molecule has 0 saturated carbocycles. The second-order valence-electron chi connectivity index (χ2n) is 4.04. The van der Waals surface area contributed by atoms with E-state index in [1.807, 2.05) is 12.1 Å². The number of carbonyl (C=O) groups is 1. The summed E-state index contributed by atoms with van der Waals surface area (Å²) in [6.45, 7) is 0. The molecule has 1 N–H and O–H groups in total. The summed E-state index contributed by atoms with van der Waals surface area (Å²) >= 11 is 4.77. The molecule has 2 rings (SSSR count). The number of alkyl halides is 3. The summed E-state index contributed by atoms with van der Waals surface area (Å²) in [6, 6.07) is 7.99. The van der Waals surface area contributed by atoms with Crippen LogP contribution in [0.5, 0.6) is 0 Å². The Bertz CT molecular complexity index is 662. The maximum absolute atomic E-state index is 12.4. The second-order valence-corrected chi connectivity index (χ2v) is 6.53. The zero-order chi connectivity index (χ0) is 15.5. The first-order valence-electron chi connectivity index (χ1n) is 5.76. The number of rotatable bonds is 3. The van der Waals surface area contributed by atoms with Gasteiger partial charge in [-0.05, 0) is 58.4 Å². The monoisotopic (exact) mass is 375 g/mol. The highest BCUT2D eigenvalue weighted by atomic mass is 79.9. The number of benzene rings is 1. The van der Waals surface area contributed by atoms with Crippen LogP contribution in [0.4, 0.5) is 18.9 Å². The van der Waals surface area contributed by atoms with Gasteiger partial charge in [0, 0.05) is 16.6 Å². The SMILES string of the molecule is O=C(/C=C/c1ccc(Br)s1)Nc1ccc(C(F)(F)F)cc1. The van der Waals surface area contributed by atoms with Crippen molar-refractivity contribution in [3.05, 3.63) is 56.7 Å². The van der Waals surface area contributed by atoms with E-state index in [1.165, 1.54) is 29.5 Å². The van der Waals surface area contributed by atoms with E-state index >= 15 is 0 Å². The molecule has 1 heterocycles. The highest BCUT2D eigenvalue weighted by Crippen LogP contribution is 2.29. The summed E-state index contributed by atoms with van der Waals surface area (Å²) in [4.78, 5) is 12.5. The van der Waals surface area contributed by atoms with E-state index in [4.69, 9.17) is 0 Å². The van der Waals surface area contributed by atoms with Gasteiger partial charge < -0.3 is 5.32 Å². The van der Waals surface area contributed by atoms with Crippen LogP contribution in [0.25, 0.3) is 6.08 Å². The number of hydrogen-bond acceptors (Lipinski definition) is 2. The number of halogens is 4. The largest absolute Gasteiger partial charge is 0.416 e. The van der Waals surface area contributed by atoms with Crippen LogP contribution in [0, 0.1) is 0 Å². The van der Waals surface area contributed by atoms with Crippen LogP contribution in [-0.2, 0) is 11.0 Å². The van der Waals surface area contributed by atoms with Crippen molar-refractivity contribution in [2.24, 2.45) is 0 Å². The molecule has 0 aliphatic rings. The Hall–Kier alpha value is -1.60. The first-order valence-corrected chi connectivity index (χ1v) is 7.37. The lowest BCUT2D eigenvalue weighted by Crippen LogP contribution is -2.09. The Morgan fingerprint density at radius 2 is 1.81 bits per heavy atom. The summed E-state index contributed by atoms with van der Waals surface area (Å²) < 4.78 is 38.1. The molecular formula is C14H9BrF3NOS. The van der Waals surface area contributed by atoms with Crippen molar-refractivity contribution in [1.29, 1.82) is 0 Å². The van der Waals surface area contributed by atoms with Crippen LogP contribution in [0.1, 0.15) is 10.4 Å². The molecule has 110 valence electrons. The van der Waals surface area contributed by atoms with E-state index in [2.05, 4.69) is 21.2 Å². The van der Waals surface area contributed by atoms with Crippen LogP contribution in [0.2, 0.25) is 0 Å². The van der Waals surface area contributed by atoms with Crippen molar-refractivity contribution in [1.82, 2.24) is 0 Å². The maximum Gasteiger partial charge on any atom is 0.416 e. The molecule has 7 heteroatoms. The van der Waals surface area contributed by atoms with Crippen LogP contribution >= 0.6 is 27.3 Å². The lowest BCUT2D eigenvalue weighted by molar-refractivity contribution is -0.137. The zero-order valence-electron chi connectivity index (χ0n) is 10.4.